The molecule has 174 valence electrons. The van der Waals surface area contributed by atoms with Crippen molar-refractivity contribution in [3.63, 3.8) is 0 Å². The second kappa shape index (κ2) is 10.0. The van der Waals surface area contributed by atoms with Crippen molar-refractivity contribution < 1.29 is 14.4 Å². The highest BCUT2D eigenvalue weighted by molar-refractivity contribution is 5.75. The number of aromatic nitrogens is 2. The molecule has 2 heterocycles. The molecule has 2 aromatic carbocycles. The third-order valence-electron chi connectivity index (χ3n) is 6.04. The molecule has 0 aliphatic carbocycles. The zero-order chi connectivity index (χ0) is 23.4. The van der Waals surface area contributed by atoms with Crippen LogP contribution in [-0.2, 0) is 6.42 Å². The fraction of sp³-hybridized carbons (Fsp3) is 0.400. The Balaban J connectivity index is 1.33. The monoisotopic (exact) mass is 449 g/mol. The maximum absolute atomic E-state index is 10.3. The van der Waals surface area contributed by atoms with E-state index in [-0.39, 0.29) is 11.9 Å². The molecule has 8 heteroatoms. The van der Waals surface area contributed by atoms with Crippen LogP contribution in [0.2, 0.25) is 0 Å². The lowest BCUT2D eigenvalue weighted by Gasteiger charge is -2.22. The van der Waals surface area contributed by atoms with E-state index in [1.807, 2.05) is 25.1 Å². The highest BCUT2D eigenvalue weighted by atomic mass is 16.5. The Bertz CT molecular complexity index is 1100. The van der Waals surface area contributed by atoms with E-state index in [0.29, 0.717) is 25.4 Å². The molecule has 4 N–H and O–H groups in total. The molecule has 1 aliphatic heterocycles. The molecule has 0 amide bonds. The van der Waals surface area contributed by atoms with Gasteiger partial charge in [0.1, 0.15) is 11.8 Å². The molecule has 1 saturated heterocycles. The van der Waals surface area contributed by atoms with Crippen molar-refractivity contribution in [1.82, 2.24) is 15.0 Å². The molecule has 0 radical (unpaired) electrons. The maximum atomic E-state index is 10.3. The van der Waals surface area contributed by atoms with E-state index in [4.69, 9.17) is 20.4 Å². The lowest BCUT2D eigenvalue weighted by atomic mass is 10.1. The first-order chi connectivity index (χ1) is 15.9. The number of hydrogen-bond acceptors (Lipinski definition) is 6. The van der Waals surface area contributed by atoms with Crippen molar-refractivity contribution in [1.29, 1.82) is 5.41 Å². The summed E-state index contributed by atoms with van der Waals surface area (Å²) in [5, 5.41) is 22.1. The van der Waals surface area contributed by atoms with Crippen molar-refractivity contribution in [2.75, 3.05) is 13.2 Å². The van der Waals surface area contributed by atoms with Crippen molar-refractivity contribution >= 4 is 5.96 Å². The van der Waals surface area contributed by atoms with Crippen LogP contribution >= 0.6 is 0 Å². The number of guanidine groups is 1. The summed E-state index contributed by atoms with van der Waals surface area (Å²) >= 11 is 0. The number of unbranched alkanes of at least 4 members (excludes halogenated alkanes) is 1. The normalized spacial score (nSPS) is 18.0. The van der Waals surface area contributed by atoms with Crippen LogP contribution in [-0.4, -0.2) is 45.4 Å². The summed E-state index contributed by atoms with van der Waals surface area (Å²) in [7, 11) is 0. The number of rotatable bonds is 8. The predicted octanol–water partition coefficient (Wildman–Crippen LogP) is 3.76. The summed E-state index contributed by atoms with van der Waals surface area (Å²) < 4.78 is 11.4. The molecular formula is C25H31N5O3. The molecule has 0 unspecified atom stereocenters. The third-order valence-corrected chi connectivity index (χ3v) is 6.04. The van der Waals surface area contributed by atoms with Gasteiger partial charge in [0, 0.05) is 12.1 Å². The average Bonchev–Trinajstić information content (AvgIpc) is 3.42. The molecule has 1 aliphatic rings. The van der Waals surface area contributed by atoms with Gasteiger partial charge in [-0.25, -0.2) is 0 Å². The molecule has 8 nitrogen and oxygen atoms in total. The van der Waals surface area contributed by atoms with Crippen LogP contribution in [0.3, 0.4) is 0 Å². The maximum Gasteiger partial charge on any atom is 0.252 e. The van der Waals surface area contributed by atoms with E-state index in [2.05, 4.69) is 41.3 Å². The van der Waals surface area contributed by atoms with Crippen LogP contribution in [0.4, 0.5) is 0 Å². The van der Waals surface area contributed by atoms with Crippen molar-refractivity contribution in [3.05, 3.63) is 65.0 Å². The second-order valence-corrected chi connectivity index (χ2v) is 8.61. The highest BCUT2D eigenvalue weighted by Gasteiger charge is 2.39. The minimum atomic E-state index is -0.703. The van der Waals surface area contributed by atoms with Crippen molar-refractivity contribution in [3.8, 4) is 17.1 Å². The van der Waals surface area contributed by atoms with Gasteiger partial charge in [0.25, 0.3) is 5.89 Å². The van der Waals surface area contributed by atoms with Gasteiger partial charge in [-0.3, -0.25) is 5.41 Å². The lowest BCUT2D eigenvalue weighted by Crippen LogP contribution is -2.37. The minimum absolute atomic E-state index is 0.118. The smallest absolute Gasteiger partial charge is 0.252 e. The quantitative estimate of drug-likeness (QED) is 0.272. The summed E-state index contributed by atoms with van der Waals surface area (Å²) in [5.74, 6) is 1.41. The fourth-order valence-electron chi connectivity index (χ4n) is 4.14. The third kappa shape index (κ3) is 5.34. The van der Waals surface area contributed by atoms with Crippen LogP contribution in [0.15, 0.2) is 47.0 Å². The molecule has 2 atom stereocenters. The van der Waals surface area contributed by atoms with Crippen LogP contribution in [0.25, 0.3) is 11.4 Å². The first-order valence-electron chi connectivity index (χ1n) is 11.3. The number of nitrogens with zero attached hydrogens (tertiary/aromatic N) is 3. The number of likely N-dealkylation sites (tertiary alicyclic amines) is 1. The molecule has 3 aromatic rings. The Morgan fingerprint density at radius 1 is 1.21 bits per heavy atom. The standard InChI is InChI=1S/C25H31N5O3/c1-16-6-8-18(9-7-16)5-3-4-14-32-21-11-10-19(15-17(21)2)23-28-24(33-29-23)22-20(31)12-13-30(22)25(26)27/h6-11,15,20,22,31H,3-5,12-14H2,1-2H3,(H3,26,27)/t20-,22-/m0/s1. The SMILES string of the molecule is Cc1ccc(CCCCOc2ccc(-c3noc([C@@H]4[C@@H](O)CCN4C(=N)N)n3)cc2C)cc1. The Kier molecular flexibility index (Phi) is 6.93. The molecule has 0 saturated carbocycles. The number of nitrogens with two attached hydrogens (primary N) is 1. The minimum Gasteiger partial charge on any atom is -0.493 e. The van der Waals surface area contributed by atoms with Gasteiger partial charge in [-0.2, -0.15) is 4.98 Å². The van der Waals surface area contributed by atoms with Crippen LogP contribution in [0, 0.1) is 19.3 Å². The summed E-state index contributed by atoms with van der Waals surface area (Å²) in [6.07, 6.45) is 2.91. The van der Waals surface area contributed by atoms with Crippen molar-refractivity contribution in [2.45, 2.75) is 51.7 Å². The second-order valence-electron chi connectivity index (χ2n) is 8.61. The molecule has 0 bridgehead atoms. The van der Waals surface area contributed by atoms with E-state index >= 15 is 0 Å². The van der Waals surface area contributed by atoms with Gasteiger partial charge in [0.15, 0.2) is 5.96 Å². The number of aliphatic hydroxyl groups excluding tert-OH is 1. The molecule has 4 rings (SSSR count). The highest BCUT2D eigenvalue weighted by Crippen LogP contribution is 2.32. The number of benzene rings is 2. The van der Waals surface area contributed by atoms with Crippen LogP contribution in [0.5, 0.6) is 5.75 Å². The Labute approximate surface area is 193 Å². The molecule has 0 spiro atoms. The van der Waals surface area contributed by atoms with Gasteiger partial charge in [-0.15, -0.1) is 0 Å². The molecule has 33 heavy (non-hydrogen) atoms. The van der Waals surface area contributed by atoms with E-state index in [9.17, 15) is 5.11 Å². The van der Waals surface area contributed by atoms with Gasteiger partial charge in [0.2, 0.25) is 5.82 Å². The van der Waals surface area contributed by atoms with E-state index in [1.165, 1.54) is 11.1 Å². The number of aryl methyl sites for hydroxylation is 3. The van der Waals surface area contributed by atoms with Gasteiger partial charge in [-0.1, -0.05) is 35.0 Å². The molecular weight excluding hydrogens is 418 g/mol. The zero-order valence-corrected chi connectivity index (χ0v) is 19.1. The number of hydrogen-bond donors (Lipinski definition) is 3. The lowest BCUT2D eigenvalue weighted by molar-refractivity contribution is 0.118. The number of ether oxygens (including phenoxy) is 1. The number of nitrogens with one attached hydrogen (secondary N) is 1. The van der Waals surface area contributed by atoms with Crippen LogP contribution in [0.1, 0.15) is 47.9 Å². The topological polar surface area (TPSA) is 121 Å². The Morgan fingerprint density at radius 2 is 2.00 bits per heavy atom. The van der Waals surface area contributed by atoms with Gasteiger partial charge >= 0.3 is 0 Å². The zero-order valence-electron chi connectivity index (χ0n) is 19.1. The summed E-state index contributed by atoms with van der Waals surface area (Å²) in [5.41, 5.74) is 10.1. The first kappa shape index (κ1) is 22.8. The number of aliphatic hydroxyl groups is 1. The predicted molar refractivity (Wildman–Crippen MR) is 126 cm³/mol. The van der Waals surface area contributed by atoms with E-state index in [1.54, 1.807) is 4.90 Å². The fourth-order valence-corrected chi connectivity index (χ4v) is 4.14. The Hall–Kier alpha value is -3.39. The van der Waals surface area contributed by atoms with E-state index in [0.717, 1.165) is 36.1 Å². The molecule has 1 aromatic heterocycles. The summed E-state index contributed by atoms with van der Waals surface area (Å²) in [4.78, 5) is 6.04. The average molecular weight is 450 g/mol. The van der Waals surface area contributed by atoms with Crippen molar-refractivity contribution in [2.24, 2.45) is 5.73 Å². The first-order valence-corrected chi connectivity index (χ1v) is 11.3. The Morgan fingerprint density at radius 3 is 2.73 bits per heavy atom. The summed E-state index contributed by atoms with van der Waals surface area (Å²) in [6, 6.07) is 13.9. The largest absolute Gasteiger partial charge is 0.493 e. The summed E-state index contributed by atoms with van der Waals surface area (Å²) in [6.45, 7) is 5.24. The van der Waals surface area contributed by atoms with Gasteiger partial charge < -0.3 is 25.0 Å². The van der Waals surface area contributed by atoms with Crippen LogP contribution < -0.4 is 10.5 Å². The van der Waals surface area contributed by atoms with E-state index < -0.39 is 12.1 Å². The van der Waals surface area contributed by atoms with Gasteiger partial charge in [0.05, 0.1) is 12.7 Å². The molecule has 1 fully saturated rings. The van der Waals surface area contributed by atoms with Gasteiger partial charge in [-0.05, 0) is 68.9 Å².